The summed E-state index contributed by atoms with van der Waals surface area (Å²) in [5.74, 6) is 0. The number of aromatic nitrogens is 2. The van der Waals surface area contributed by atoms with Gasteiger partial charge in [0.1, 0.15) is 0 Å². The van der Waals surface area contributed by atoms with Crippen molar-refractivity contribution in [3.63, 3.8) is 0 Å². The molecule has 3 rings (SSSR count). The largest absolute Gasteiger partial charge is 0.416 e. The Morgan fingerprint density at radius 3 is 2.57 bits per heavy atom. The average molecular weight is 308 g/mol. The fourth-order valence-corrected chi connectivity index (χ4v) is 2.62. The van der Waals surface area contributed by atoms with Crippen molar-refractivity contribution in [2.24, 2.45) is 0 Å². The highest BCUT2D eigenvalue weighted by Crippen LogP contribution is 2.31. The summed E-state index contributed by atoms with van der Waals surface area (Å²) in [6.07, 6.45) is -4.37. The topological polar surface area (TPSA) is 20.7 Å². The molecule has 0 unspecified atom stereocenters. The summed E-state index contributed by atoms with van der Waals surface area (Å²) >= 11 is 5.24. The van der Waals surface area contributed by atoms with Gasteiger partial charge < -0.3 is 4.98 Å². The van der Waals surface area contributed by atoms with Crippen LogP contribution in [0, 0.1) is 11.7 Å². The first-order valence-corrected chi connectivity index (χ1v) is 6.66. The van der Waals surface area contributed by atoms with Gasteiger partial charge in [0.2, 0.25) is 0 Å². The lowest BCUT2D eigenvalue weighted by Gasteiger charge is -2.10. The number of imidazole rings is 1. The number of hydrogen-bond donors (Lipinski definition) is 1. The van der Waals surface area contributed by atoms with Gasteiger partial charge in [0.15, 0.2) is 4.77 Å². The van der Waals surface area contributed by atoms with E-state index in [0.717, 1.165) is 28.7 Å². The molecule has 2 nitrogen and oxygen atoms in total. The van der Waals surface area contributed by atoms with Crippen molar-refractivity contribution in [1.29, 1.82) is 0 Å². The minimum atomic E-state index is -4.37. The predicted molar refractivity (Wildman–Crippen MR) is 78.2 cm³/mol. The van der Waals surface area contributed by atoms with E-state index in [4.69, 9.17) is 12.2 Å². The predicted octanol–water partition coefficient (Wildman–Crippen LogP) is 5.02. The third kappa shape index (κ3) is 2.47. The molecule has 0 aliphatic rings. The Morgan fingerprint density at radius 2 is 1.86 bits per heavy atom. The number of alkyl halides is 3. The molecule has 2 aromatic carbocycles. The van der Waals surface area contributed by atoms with Crippen LogP contribution in [0.5, 0.6) is 0 Å². The minimum absolute atomic E-state index is 0.370. The molecule has 0 saturated carbocycles. The van der Waals surface area contributed by atoms with Crippen LogP contribution in [0.3, 0.4) is 0 Å². The van der Waals surface area contributed by atoms with Crippen LogP contribution in [0.2, 0.25) is 0 Å². The zero-order valence-corrected chi connectivity index (χ0v) is 11.8. The number of hydrogen-bond acceptors (Lipinski definition) is 1. The van der Waals surface area contributed by atoms with Gasteiger partial charge in [-0.2, -0.15) is 13.2 Å². The van der Waals surface area contributed by atoms with Gasteiger partial charge in [-0.15, -0.1) is 0 Å². The second kappa shape index (κ2) is 4.73. The highest BCUT2D eigenvalue weighted by atomic mass is 32.1. The maximum atomic E-state index is 12.8. The molecule has 6 heteroatoms. The first-order valence-electron chi connectivity index (χ1n) is 6.25. The Bertz CT molecular complexity index is 874. The zero-order valence-electron chi connectivity index (χ0n) is 11.0. The molecule has 108 valence electrons. The molecule has 0 amide bonds. The average Bonchev–Trinajstić information content (AvgIpc) is 2.73. The lowest BCUT2D eigenvalue weighted by molar-refractivity contribution is -0.137. The monoisotopic (exact) mass is 308 g/mol. The van der Waals surface area contributed by atoms with Crippen molar-refractivity contribution in [3.8, 4) is 5.69 Å². The van der Waals surface area contributed by atoms with Crippen molar-refractivity contribution in [1.82, 2.24) is 9.55 Å². The van der Waals surface area contributed by atoms with Gasteiger partial charge in [-0.25, -0.2) is 0 Å². The Balaban J connectivity index is 2.26. The van der Waals surface area contributed by atoms with Gasteiger partial charge in [0.25, 0.3) is 0 Å². The van der Waals surface area contributed by atoms with E-state index in [1.54, 1.807) is 10.6 Å². The van der Waals surface area contributed by atoms with Crippen LogP contribution in [0.4, 0.5) is 13.2 Å². The normalized spacial score (nSPS) is 12.0. The molecule has 0 radical (unpaired) electrons. The summed E-state index contributed by atoms with van der Waals surface area (Å²) in [5.41, 5.74) is 2.31. The van der Waals surface area contributed by atoms with Crippen molar-refractivity contribution in [2.75, 3.05) is 0 Å². The zero-order chi connectivity index (χ0) is 15.2. The van der Waals surface area contributed by atoms with Gasteiger partial charge in [-0.05, 0) is 55.0 Å². The SMILES string of the molecule is Cc1ccc2c(c1)[nH]c(=S)n2-c1cccc(C(F)(F)F)c1. The van der Waals surface area contributed by atoms with E-state index in [1.165, 1.54) is 6.07 Å². The van der Waals surface area contributed by atoms with Crippen LogP contribution < -0.4 is 0 Å². The molecule has 1 N–H and O–H groups in total. The first kappa shape index (κ1) is 13.9. The van der Waals surface area contributed by atoms with Crippen LogP contribution in [0.1, 0.15) is 11.1 Å². The van der Waals surface area contributed by atoms with Gasteiger partial charge in [-0.1, -0.05) is 12.1 Å². The molecule has 1 heterocycles. The third-order valence-corrected chi connectivity index (χ3v) is 3.55. The Hall–Kier alpha value is -2.08. The van der Waals surface area contributed by atoms with Crippen molar-refractivity contribution in [3.05, 3.63) is 58.4 Å². The van der Waals surface area contributed by atoms with E-state index in [-0.39, 0.29) is 0 Å². The number of nitrogens with one attached hydrogen (secondary N) is 1. The van der Waals surface area contributed by atoms with E-state index >= 15 is 0 Å². The Labute approximate surface area is 123 Å². The number of aromatic amines is 1. The standard InChI is InChI=1S/C15H11F3N2S/c1-9-5-6-13-12(7-9)19-14(21)20(13)11-4-2-3-10(8-11)15(16,17)18/h2-8H,1H3,(H,19,21). The summed E-state index contributed by atoms with van der Waals surface area (Å²) in [7, 11) is 0. The van der Waals surface area contributed by atoms with Gasteiger partial charge in [0, 0.05) is 5.69 Å². The van der Waals surface area contributed by atoms with E-state index in [0.29, 0.717) is 10.5 Å². The van der Waals surface area contributed by atoms with Crippen molar-refractivity contribution in [2.45, 2.75) is 13.1 Å². The number of benzene rings is 2. The van der Waals surface area contributed by atoms with Gasteiger partial charge in [0.05, 0.1) is 16.6 Å². The minimum Gasteiger partial charge on any atom is -0.330 e. The molecular weight excluding hydrogens is 297 g/mol. The molecule has 0 bridgehead atoms. The highest BCUT2D eigenvalue weighted by molar-refractivity contribution is 7.71. The van der Waals surface area contributed by atoms with E-state index in [9.17, 15) is 13.2 Å². The first-order chi connectivity index (χ1) is 9.86. The maximum absolute atomic E-state index is 12.8. The Kier molecular flexibility index (Phi) is 3.13. The van der Waals surface area contributed by atoms with E-state index < -0.39 is 11.7 Å². The van der Waals surface area contributed by atoms with E-state index in [1.807, 2.05) is 25.1 Å². The summed E-state index contributed by atoms with van der Waals surface area (Å²) in [5, 5.41) is 0. The van der Waals surface area contributed by atoms with Crippen molar-refractivity contribution >= 4 is 23.3 Å². The molecule has 0 atom stereocenters. The lowest BCUT2D eigenvalue weighted by atomic mass is 10.2. The number of aryl methyl sites for hydroxylation is 1. The van der Waals surface area contributed by atoms with Crippen LogP contribution in [0.15, 0.2) is 42.5 Å². The van der Waals surface area contributed by atoms with Gasteiger partial charge >= 0.3 is 6.18 Å². The number of nitrogens with zero attached hydrogens (tertiary/aromatic N) is 1. The van der Waals surface area contributed by atoms with Crippen LogP contribution in [-0.2, 0) is 6.18 Å². The van der Waals surface area contributed by atoms with Crippen molar-refractivity contribution < 1.29 is 13.2 Å². The number of fused-ring (bicyclic) bond motifs is 1. The Morgan fingerprint density at radius 1 is 1.10 bits per heavy atom. The highest BCUT2D eigenvalue weighted by Gasteiger charge is 2.30. The summed E-state index contributed by atoms with van der Waals surface area (Å²) in [6, 6.07) is 10.8. The fourth-order valence-electron chi connectivity index (χ4n) is 2.30. The molecule has 0 saturated heterocycles. The number of H-pyrrole nitrogens is 1. The molecule has 0 aliphatic heterocycles. The smallest absolute Gasteiger partial charge is 0.330 e. The van der Waals surface area contributed by atoms with Gasteiger partial charge in [-0.3, -0.25) is 4.57 Å². The second-order valence-corrected chi connectivity index (χ2v) is 5.22. The maximum Gasteiger partial charge on any atom is 0.416 e. The molecule has 21 heavy (non-hydrogen) atoms. The number of rotatable bonds is 1. The van der Waals surface area contributed by atoms with Crippen LogP contribution in [-0.4, -0.2) is 9.55 Å². The molecule has 0 aliphatic carbocycles. The molecule has 0 spiro atoms. The summed E-state index contributed by atoms with van der Waals surface area (Å²) in [6.45, 7) is 1.94. The second-order valence-electron chi connectivity index (χ2n) is 4.83. The van der Waals surface area contributed by atoms with Crippen LogP contribution in [0.25, 0.3) is 16.7 Å². The van der Waals surface area contributed by atoms with Crippen LogP contribution >= 0.6 is 12.2 Å². The quantitative estimate of drug-likeness (QED) is 0.626. The molecule has 0 fully saturated rings. The summed E-state index contributed by atoms with van der Waals surface area (Å²) < 4.78 is 40.5. The molecule has 3 aromatic rings. The number of halogens is 3. The molecule has 1 aromatic heterocycles. The fraction of sp³-hybridized carbons (Fsp3) is 0.133. The summed E-state index contributed by atoms with van der Waals surface area (Å²) in [4.78, 5) is 3.02. The van der Waals surface area contributed by atoms with E-state index in [2.05, 4.69) is 4.98 Å². The lowest BCUT2D eigenvalue weighted by Crippen LogP contribution is -2.06. The third-order valence-electron chi connectivity index (χ3n) is 3.27. The molecular formula is C15H11F3N2S.